The molecule has 0 saturated heterocycles. The van der Waals surface area contributed by atoms with E-state index in [1.54, 1.807) is 6.07 Å². The molecule has 0 aromatic heterocycles. The van der Waals surface area contributed by atoms with Gasteiger partial charge in [0.15, 0.2) is 5.78 Å². The molecule has 3 rings (SSSR count). The largest absolute Gasteiger partial charge is 0.511 e. The van der Waals surface area contributed by atoms with Crippen LogP contribution in [0.4, 0.5) is 5.69 Å². The van der Waals surface area contributed by atoms with Crippen molar-refractivity contribution in [2.75, 3.05) is 11.9 Å². The van der Waals surface area contributed by atoms with Crippen molar-refractivity contribution in [1.82, 2.24) is 0 Å². The van der Waals surface area contributed by atoms with Crippen molar-refractivity contribution in [1.29, 1.82) is 0 Å². The number of carbonyl (C=O) groups excluding carboxylic acids is 2. The van der Waals surface area contributed by atoms with Gasteiger partial charge >= 0.3 is 0 Å². The molecule has 0 radical (unpaired) electrons. The van der Waals surface area contributed by atoms with Gasteiger partial charge in [-0.05, 0) is 55.5 Å². The molecular weight excluding hydrogens is 392 g/mol. The van der Waals surface area contributed by atoms with Gasteiger partial charge in [-0.2, -0.15) is 0 Å². The number of nitrogens with zero attached hydrogens (tertiary/aromatic N) is 1. The van der Waals surface area contributed by atoms with Crippen LogP contribution in [0.2, 0.25) is 0 Å². The standard InChI is InChI=1S/C25H28N2O4/c1-4-21(27-31-5-2)24-22(28)14-18(15-23(24)29)17-10-12-19(13-11-17)26-25(30)20-9-7-6-8-16(20)3/h6-13,18,28H,4-5,14-15H2,1-3H3,(H,26,30). The second kappa shape index (κ2) is 10.1. The third-order valence-corrected chi connectivity index (χ3v) is 5.40. The van der Waals surface area contributed by atoms with Gasteiger partial charge in [0.05, 0.1) is 11.3 Å². The molecule has 2 N–H and O–H groups in total. The number of hydrogen-bond acceptors (Lipinski definition) is 5. The number of anilines is 1. The number of Topliss-reactive ketones (excluding diaryl/α,β-unsaturated/α-hetero) is 1. The maximum absolute atomic E-state index is 12.7. The summed E-state index contributed by atoms with van der Waals surface area (Å²) in [4.78, 5) is 30.3. The number of carbonyl (C=O) groups is 2. The van der Waals surface area contributed by atoms with Crippen LogP contribution in [0.25, 0.3) is 0 Å². The lowest BCUT2D eigenvalue weighted by atomic mass is 9.81. The molecule has 0 bridgehead atoms. The Bertz CT molecular complexity index is 1020. The van der Waals surface area contributed by atoms with Gasteiger partial charge in [0, 0.05) is 24.1 Å². The Morgan fingerprint density at radius 2 is 1.84 bits per heavy atom. The molecule has 162 valence electrons. The molecule has 6 heteroatoms. The Balaban J connectivity index is 1.73. The molecule has 0 aliphatic heterocycles. The molecule has 1 aliphatic rings. The molecule has 0 saturated carbocycles. The summed E-state index contributed by atoms with van der Waals surface area (Å²) in [6.45, 7) is 5.99. The Hall–Kier alpha value is -3.41. The van der Waals surface area contributed by atoms with E-state index in [9.17, 15) is 14.7 Å². The number of aliphatic hydroxyl groups excluding tert-OH is 1. The fraction of sp³-hybridized carbons (Fsp3) is 0.320. The smallest absolute Gasteiger partial charge is 0.255 e. The van der Waals surface area contributed by atoms with Crippen molar-refractivity contribution < 1.29 is 19.5 Å². The van der Waals surface area contributed by atoms with Gasteiger partial charge in [0.25, 0.3) is 5.91 Å². The minimum absolute atomic E-state index is 0.0542. The van der Waals surface area contributed by atoms with E-state index >= 15 is 0 Å². The fourth-order valence-corrected chi connectivity index (χ4v) is 3.75. The Labute approximate surface area is 182 Å². The van der Waals surface area contributed by atoms with E-state index in [2.05, 4.69) is 10.5 Å². The summed E-state index contributed by atoms with van der Waals surface area (Å²) >= 11 is 0. The summed E-state index contributed by atoms with van der Waals surface area (Å²) in [7, 11) is 0. The number of oxime groups is 1. The Morgan fingerprint density at radius 3 is 2.45 bits per heavy atom. The van der Waals surface area contributed by atoms with E-state index in [1.807, 2.05) is 63.2 Å². The molecule has 6 nitrogen and oxygen atoms in total. The van der Waals surface area contributed by atoms with Crippen LogP contribution in [-0.4, -0.2) is 29.1 Å². The monoisotopic (exact) mass is 420 g/mol. The van der Waals surface area contributed by atoms with Crippen LogP contribution in [0.3, 0.4) is 0 Å². The molecule has 1 atom stereocenters. The first-order valence-electron chi connectivity index (χ1n) is 10.6. The average molecular weight is 421 g/mol. The van der Waals surface area contributed by atoms with Crippen LogP contribution in [0, 0.1) is 6.92 Å². The zero-order valence-electron chi connectivity index (χ0n) is 18.1. The van der Waals surface area contributed by atoms with Gasteiger partial charge in [0.2, 0.25) is 0 Å². The quantitative estimate of drug-likeness (QED) is 0.469. The Morgan fingerprint density at radius 1 is 1.13 bits per heavy atom. The van der Waals surface area contributed by atoms with Crippen LogP contribution in [0.1, 0.15) is 60.5 Å². The predicted octanol–water partition coefficient (Wildman–Crippen LogP) is 5.31. The number of benzene rings is 2. The molecule has 0 heterocycles. The maximum Gasteiger partial charge on any atom is 0.255 e. The second-order valence-electron chi connectivity index (χ2n) is 7.55. The maximum atomic E-state index is 12.7. The lowest BCUT2D eigenvalue weighted by molar-refractivity contribution is -0.116. The summed E-state index contributed by atoms with van der Waals surface area (Å²) < 4.78 is 0. The van der Waals surface area contributed by atoms with E-state index in [1.165, 1.54) is 0 Å². The molecule has 1 aliphatic carbocycles. The summed E-state index contributed by atoms with van der Waals surface area (Å²) in [6, 6.07) is 14.8. The number of aliphatic hydroxyl groups is 1. The van der Waals surface area contributed by atoms with Crippen molar-refractivity contribution in [2.45, 2.75) is 46.0 Å². The highest BCUT2D eigenvalue weighted by Crippen LogP contribution is 2.35. The summed E-state index contributed by atoms with van der Waals surface area (Å²) in [6.07, 6.45) is 1.16. The van der Waals surface area contributed by atoms with Crippen molar-refractivity contribution >= 4 is 23.1 Å². The van der Waals surface area contributed by atoms with Gasteiger partial charge in [-0.25, -0.2) is 0 Å². The van der Waals surface area contributed by atoms with Crippen LogP contribution < -0.4 is 5.32 Å². The molecule has 0 spiro atoms. The van der Waals surface area contributed by atoms with Gasteiger partial charge < -0.3 is 15.3 Å². The van der Waals surface area contributed by atoms with E-state index in [4.69, 9.17) is 4.84 Å². The van der Waals surface area contributed by atoms with Crippen LogP contribution in [-0.2, 0) is 9.63 Å². The molecular formula is C25H28N2O4. The van der Waals surface area contributed by atoms with Crippen LogP contribution >= 0.6 is 0 Å². The van der Waals surface area contributed by atoms with Crippen molar-refractivity contribution in [3.05, 3.63) is 76.6 Å². The van der Waals surface area contributed by atoms with Gasteiger partial charge in [-0.15, -0.1) is 0 Å². The first-order chi connectivity index (χ1) is 14.9. The van der Waals surface area contributed by atoms with Gasteiger partial charge in [0.1, 0.15) is 12.4 Å². The number of hydrogen-bond donors (Lipinski definition) is 2. The number of rotatable bonds is 7. The number of allylic oxidation sites excluding steroid dienone is 2. The molecule has 31 heavy (non-hydrogen) atoms. The zero-order chi connectivity index (χ0) is 22.4. The Kier molecular flexibility index (Phi) is 7.23. The van der Waals surface area contributed by atoms with Crippen LogP contribution in [0.5, 0.6) is 0 Å². The van der Waals surface area contributed by atoms with Gasteiger partial charge in [-0.3, -0.25) is 9.59 Å². The third-order valence-electron chi connectivity index (χ3n) is 5.40. The third kappa shape index (κ3) is 5.20. The molecule has 2 aromatic carbocycles. The SMILES string of the molecule is CCON=C(CC)C1=C(O)CC(c2ccc(NC(=O)c3ccccc3C)cc2)CC1=O. The predicted molar refractivity (Wildman–Crippen MR) is 122 cm³/mol. The van der Waals surface area contributed by atoms with E-state index in [-0.39, 0.29) is 28.9 Å². The molecule has 0 fully saturated rings. The normalized spacial score (nSPS) is 16.9. The summed E-state index contributed by atoms with van der Waals surface area (Å²) in [5, 5.41) is 17.5. The van der Waals surface area contributed by atoms with E-state index in [0.29, 0.717) is 42.8 Å². The first-order valence-corrected chi connectivity index (χ1v) is 10.6. The van der Waals surface area contributed by atoms with Crippen molar-refractivity contribution in [2.24, 2.45) is 5.16 Å². The lowest BCUT2D eigenvalue weighted by Gasteiger charge is -2.24. The molecule has 1 amide bonds. The summed E-state index contributed by atoms with van der Waals surface area (Å²) in [5.74, 6) is -0.364. The minimum atomic E-state index is -0.162. The number of aryl methyl sites for hydroxylation is 1. The molecule has 2 aromatic rings. The first kappa shape index (κ1) is 22.3. The minimum Gasteiger partial charge on any atom is -0.511 e. The number of amides is 1. The highest BCUT2D eigenvalue weighted by atomic mass is 16.6. The highest BCUT2D eigenvalue weighted by molar-refractivity contribution is 6.23. The zero-order valence-corrected chi connectivity index (χ0v) is 18.1. The second-order valence-corrected chi connectivity index (χ2v) is 7.55. The van der Waals surface area contributed by atoms with E-state index in [0.717, 1.165) is 11.1 Å². The number of nitrogens with one attached hydrogen (secondary N) is 1. The molecule has 1 unspecified atom stereocenters. The van der Waals surface area contributed by atoms with Crippen LogP contribution in [0.15, 0.2) is 65.0 Å². The van der Waals surface area contributed by atoms with Gasteiger partial charge in [-0.1, -0.05) is 42.4 Å². The number of ketones is 1. The van der Waals surface area contributed by atoms with E-state index < -0.39 is 0 Å². The van der Waals surface area contributed by atoms with Crippen molar-refractivity contribution in [3.63, 3.8) is 0 Å². The summed E-state index contributed by atoms with van der Waals surface area (Å²) in [5.41, 5.74) is 3.93. The average Bonchev–Trinajstić information content (AvgIpc) is 2.76. The topological polar surface area (TPSA) is 88.0 Å². The highest BCUT2D eigenvalue weighted by Gasteiger charge is 2.31. The van der Waals surface area contributed by atoms with Crippen molar-refractivity contribution in [3.8, 4) is 0 Å². The lowest BCUT2D eigenvalue weighted by Crippen LogP contribution is -2.23. The fourth-order valence-electron chi connectivity index (χ4n) is 3.75.